The number of nitrogens with zero attached hydrogens (tertiary/aromatic N) is 4. The molecule has 1 N–H and O–H groups in total. The molecule has 2 aromatic heterocycles. The van der Waals surface area contributed by atoms with Crippen molar-refractivity contribution in [3.63, 3.8) is 0 Å². The van der Waals surface area contributed by atoms with E-state index in [1.54, 1.807) is 0 Å². The van der Waals surface area contributed by atoms with Crippen LogP contribution in [0, 0.1) is 0 Å². The summed E-state index contributed by atoms with van der Waals surface area (Å²) in [6.07, 6.45) is 3.19. The Kier molecular flexibility index (Phi) is 4.43. The van der Waals surface area contributed by atoms with Crippen LogP contribution >= 0.6 is 0 Å². The summed E-state index contributed by atoms with van der Waals surface area (Å²) in [7, 11) is 1.95. The molecule has 0 saturated carbocycles. The number of rotatable bonds is 4. The Morgan fingerprint density at radius 1 is 1.22 bits per heavy atom. The van der Waals surface area contributed by atoms with Gasteiger partial charge < -0.3 is 14.6 Å². The molecule has 1 aliphatic rings. The molecule has 7 nitrogen and oxygen atoms in total. The van der Waals surface area contributed by atoms with E-state index < -0.39 is 5.97 Å². The number of aryl methyl sites for hydroxylation is 3. The maximum atomic E-state index is 13.2. The molecule has 1 aliphatic heterocycles. The second-order valence-electron chi connectivity index (χ2n) is 6.99. The van der Waals surface area contributed by atoms with E-state index in [4.69, 9.17) is 5.11 Å². The third-order valence-electron chi connectivity index (χ3n) is 5.07. The van der Waals surface area contributed by atoms with Gasteiger partial charge in [0, 0.05) is 43.7 Å². The lowest BCUT2D eigenvalue weighted by atomic mass is 10.1. The van der Waals surface area contributed by atoms with Crippen LogP contribution in [0.25, 0.3) is 10.9 Å². The van der Waals surface area contributed by atoms with Gasteiger partial charge in [0.15, 0.2) is 0 Å². The first kappa shape index (κ1) is 17.3. The van der Waals surface area contributed by atoms with Gasteiger partial charge in [-0.25, -0.2) is 0 Å². The van der Waals surface area contributed by atoms with Crippen molar-refractivity contribution in [3.05, 3.63) is 53.5 Å². The number of hydrogen-bond donors (Lipinski definition) is 1. The lowest BCUT2D eigenvalue weighted by Crippen LogP contribution is -2.30. The number of hydrogen-bond acceptors (Lipinski definition) is 3. The third kappa shape index (κ3) is 3.32. The first-order valence-corrected chi connectivity index (χ1v) is 9.13. The van der Waals surface area contributed by atoms with Crippen molar-refractivity contribution < 1.29 is 14.7 Å². The summed E-state index contributed by atoms with van der Waals surface area (Å²) in [6, 6.07) is 9.84. The van der Waals surface area contributed by atoms with E-state index in [0.29, 0.717) is 25.1 Å². The van der Waals surface area contributed by atoms with Gasteiger partial charge in [-0.1, -0.05) is 18.2 Å². The van der Waals surface area contributed by atoms with Crippen molar-refractivity contribution in [2.75, 3.05) is 6.54 Å². The van der Waals surface area contributed by atoms with E-state index in [-0.39, 0.29) is 12.3 Å². The Morgan fingerprint density at radius 3 is 2.85 bits per heavy atom. The third-order valence-corrected chi connectivity index (χ3v) is 5.07. The van der Waals surface area contributed by atoms with E-state index in [0.717, 1.165) is 35.3 Å². The highest BCUT2D eigenvalue weighted by molar-refractivity contribution is 6.06. The Labute approximate surface area is 156 Å². The molecule has 1 amide bonds. The lowest BCUT2D eigenvalue weighted by molar-refractivity contribution is -0.136. The van der Waals surface area contributed by atoms with Gasteiger partial charge in [0.05, 0.1) is 29.9 Å². The molecule has 0 fully saturated rings. The number of fused-ring (bicyclic) bond motifs is 2. The molecule has 27 heavy (non-hydrogen) atoms. The van der Waals surface area contributed by atoms with Crippen molar-refractivity contribution in [1.82, 2.24) is 19.2 Å². The molecule has 0 spiro atoms. The molecule has 0 aliphatic carbocycles. The van der Waals surface area contributed by atoms with E-state index in [1.807, 2.05) is 57.7 Å². The highest BCUT2D eigenvalue weighted by Crippen LogP contribution is 2.24. The number of carboxylic acids is 1. The molecule has 3 heterocycles. The van der Waals surface area contributed by atoms with E-state index in [9.17, 15) is 9.59 Å². The molecule has 7 heteroatoms. The van der Waals surface area contributed by atoms with Crippen molar-refractivity contribution in [3.8, 4) is 0 Å². The predicted octanol–water partition coefficient (Wildman–Crippen LogP) is 2.44. The van der Waals surface area contributed by atoms with Gasteiger partial charge in [-0.15, -0.1) is 0 Å². The van der Waals surface area contributed by atoms with Crippen LogP contribution in [0.3, 0.4) is 0 Å². The molecule has 0 saturated heterocycles. The molecule has 140 valence electrons. The minimum Gasteiger partial charge on any atom is -0.481 e. The number of amides is 1. The van der Waals surface area contributed by atoms with Gasteiger partial charge in [0.25, 0.3) is 5.91 Å². The highest BCUT2D eigenvalue weighted by atomic mass is 16.4. The van der Waals surface area contributed by atoms with E-state index >= 15 is 0 Å². The summed E-state index contributed by atoms with van der Waals surface area (Å²) in [4.78, 5) is 25.9. The fourth-order valence-electron chi connectivity index (χ4n) is 3.73. The van der Waals surface area contributed by atoms with Crippen LogP contribution < -0.4 is 0 Å². The lowest BCUT2D eigenvalue weighted by Gasteiger charge is -2.19. The van der Waals surface area contributed by atoms with Gasteiger partial charge in [-0.3, -0.25) is 14.3 Å². The average molecular weight is 366 g/mol. The summed E-state index contributed by atoms with van der Waals surface area (Å²) in [6.45, 7) is 1.90. The zero-order valence-corrected chi connectivity index (χ0v) is 15.3. The summed E-state index contributed by atoms with van der Waals surface area (Å²) in [5.74, 6) is -0.806. The number of benzene rings is 1. The first-order chi connectivity index (χ1) is 13.0. The van der Waals surface area contributed by atoms with E-state index in [2.05, 4.69) is 5.10 Å². The monoisotopic (exact) mass is 366 g/mol. The fraction of sp³-hybridized carbons (Fsp3) is 0.350. The minimum absolute atomic E-state index is 0.0218. The Bertz CT molecular complexity index is 1020. The van der Waals surface area contributed by atoms with Gasteiger partial charge in [-0.2, -0.15) is 5.10 Å². The predicted molar refractivity (Wildman–Crippen MR) is 100 cm³/mol. The largest absolute Gasteiger partial charge is 0.481 e. The number of aromatic nitrogens is 3. The van der Waals surface area contributed by atoms with Gasteiger partial charge in [0.2, 0.25) is 0 Å². The van der Waals surface area contributed by atoms with Crippen LogP contribution in [0.15, 0.2) is 36.5 Å². The molecule has 0 unspecified atom stereocenters. The van der Waals surface area contributed by atoms with Crippen molar-refractivity contribution in [2.24, 2.45) is 7.05 Å². The molecular weight excluding hydrogens is 344 g/mol. The van der Waals surface area contributed by atoms with Crippen LogP contribution in [0.4, 0.5) is 0 Å². The fourth-order valence-corrected chi connectivity index (χ4v) is 3.73. The van der Waals surface area contributed by atoms with Crippen LogP contribution in [-0.4, -0.2) is 42.8 Å². The van der Waals surface area contributed by atoms with Crippen molar-refractivity contribution in [2.45, 2.75) is 32.4 Å². The molecule has 4 rings (SSSR count). The SMILES string of the molecule is Cn1cc(C(=O)N2CCCn3nc(CCC(=O)O)cc3C2)c2ccccc21. The van der Waals surface area contributed by atoms with Crippen molar-refractivity contribution in [1.29, 1.82) is 0 Å². The summed E-state index contributed by atoms with van der Waals surface area (Å²) in [5.41, 5.74) is 3.48. The average Bonchev–Trinajstić information content (AvgIpc) is 3.13. The zero-order valence-electron chi connectivity index (χ0n) is 15.3. The number of carbonyl (C=O) groups is 2. The second kappa shape index (κ2) is 6.90. The van der Waals surface area contributed by atoms with E-state index in [1.165, 1.54) is 0 Å². The molecule has 3 aromatic rings. The smallest absolute Gasteiger partial charge is 0.303 e. The molecule has 0 bridgehead atoms. The Hall–Kier alpha value is -3.09. The second-order valence-corrected chi connectivity index (χ2v) is 6.99. The van der Waals surface area contributed by atoms with Crippen LogP contribution in [0.5, 0.6) is 0 Å². The molecule has 0 atom stereocenters. The molecular formula is C20H22N4O3. The zero-order chi connectivity index (χ0) is 19.0. The minimum atomic E-state index is -0.828. The highest BCUT2D eigenvalue weighted by Gasteiger charge is 2.24. The molecule has 1 aromatic carbocycles. The van der Waals surface area contributed by atoms with Gasteiger partial charge in [-0.05, 0) is 18.6 Å². The number of aliphatic carboxylic acids is 1. The standard InChI is InChI=1S/C20H22N4O3/c1-22-13-17(16-5-2-3-6-18(16)22)20(27)23-9-4-10-24-15(12-23)11-14(21-24)7-8-19(25)26/h2-3,5-6,11,13H,4,7-10,12H2,1H3,(H,25,26). The van der Waals surface area contributed by atoms with Crippen LogP contribution in [-0.2, 0) is 31.4 Å². The van der Waals surface area contributed by atoms with Gasteiger partial charge >= 0.3 is 5.97 Å². The summed E-state index contributed by atoms with van der Waals surface area (Å²) in [5, 5.41) is 14.3. The van der Waals surface area contributed by atoms with Crippen LogP contribution in [0.2, 0.25) is 0 Å². The Morgan fingerprint density at radius 2 is 2.04 bits per heavy atom. The first-order valence-electron chi connectivity index (χ1n) is 9.13. The molecule has 0 radical (unpaired) electrons. The van der Waals surface area contributed by atoms with Gasteiger partial charge in [0.1, 0.15) is 0 Å². The maximum Gasteiger partial charge on any atom is 0.303 e. The van der Waals surface area contributed by atoms with Crippen LogP contribution in [0.1, 0.15) is 34.6 Å². The number of carboxylic acid groups (broad SMARTS) is 1. The summed E-state index contributed by atoms with van der Waals surface area (Å²) >= 11 is 0. The number of para-hydroxylation sites is 1. The topological polar surface area (TPSA) is 80.4 Å². The Balaban J connectivity index is 1.59. The number of carbonyl (C=O) groups excluding carboxylic acids is 1. The summed E-state index contributed by atoms with van der Waals surface area (Å²) < 4.78 is 3.89. The maximum absolute atomic E-state index is 13.2. The normalized spacial score (nSPS) is 14.2. The quantitative estimate of drug-likeness (QED) is 0.769. The van der Waals surface area contributed by atoms with Crippen molar-refractivity contribution >= 4 is 22.8 Å².